The van der Waals surface area contributed by atoms with Crippen LogP contribution in [0.5, 0.6) is 5.75 Å². The van der Waals surface area contributed by atoms with Crippen LogP contribution >= 0.6 is 0 Å². The number of rotatable bonds is 4. The standard InChI is InChI=1S/C16H20O4/c1-15(2,14(18)19)9-12(17)10-5-6-13-11(7-10)8-16(3,4)20-13/h5-7H,8-9H2,1-4H3,(H,18,19). The molecule has 0 bridgehead atoms. The maximum absolute atomic E-state index is 12.2. The van der Waals surface area contributed by atoms with Crippen LogP contribution in [0.4, 0.5) is 0 Å². The van der Waals surface area contributed by atoms with E-state index < -0.39 is 11.4 Å². The van der Waals surface area contributed by atoms with Crippen LogP contribution < -0.4 is 4.74 Å². The fourth-order valence-electron chi connectivity index (χ4n) is 2.36. The van der Waals surface area contributed by atoms with E-state index in [1.165, 1.54) is 0 Å². The lowest BCUT2D eigenvalue weighted by molar-refractivity contribution is -0.146. The Morgan fingerprint density at radius 3 is 2.60 bits per heavy atom. The summed E-state index contributed by atoms with van der Waals surface area (Å²) in [5, 5.41) is 9.09. The first-order valence-corrected chi connectivity index (χ1v) is 6.69. The second-order valence-corrected chi connectivity index (χ2v) is 6.65. The average molecular weight is 276 g/mol. The molecular weight excluding hydrogens is 256 g/mol. The molecule has 1 aliphatic heterocycles. The van der Waals surface area contributed by atoms with Crippen LogP contribution in [0.3, 0.4) is 0 Å². The minimum Gasteiger partial charge on any atom is -0.487 e. The highest BCUT2D eigenvalue weighted by Crippen LogP contribution is 2.35. The van der Waals surface area contributed by atoms with Crippen molar-refractivity contribution in [2.24, 2.45) is 5.41 Å². The number of carboxylic acid groups (broad SMARTS) is 1. The van der Waals surface area contributed by atoms with Crippen molar-refractivity contribution in [1.29, 1.82) is 0 Å². The van der Waals surface area contributed by atoms with E-state index in [1.807, 2.05) is 19.9 Å². The Morgan fingerprint density at radius 1 is 1.35 bits per heavy atom. The molecule has 0 fully saturated rings. The second-order valence-electron chi connectivity index (χ2n) is 6.65. The van der Waals surface area contributed by atoms with Crippen LogP contribution in [0.2, 0.25) is 0 Å². The monoisotopic (exact) mass is 276 g/mol. The molecule has 20 heavy (non-hydrogen) atoms. The predicted octanol–water partition coefficient (Wildman–Crippen LogP) is 3.08. The molecule has 0 amide bonds. The number of ether oxygens (including phenoxy) is 1. The first-order valence-electron chi connectivity index (χ1n) is 6.69. The van der Waals surface area contributed by atoms with Crippen molar-refractivity contribution >= 4 is 11.8 Å². The molecule has 108 valence electrons. The summed E-state index contributed by atoms with van der Waals surface area (Å²) < 4.78 is 5.76. The first-order chi connectivity index (χ1) is 9.11. The smallest absolute Gasteiger partial charge is 0.309 e. The Morgan fingerprint density at radius 2 is 2.00 bits per heavy atom. The molecular formula is C16H20O4. The van der Waals surface area contributed by atoms with Crippen molar-refractivity contribution in [3.63, 3.8) is 0 Å². The minimum atomic E-state index is -1.05. The molecule has 0 atom stereocenters. The molecule has 0 unspecified atom stereocenters. The largest absolute Gasteiger partial charge is 0.487 e. The molecule has 1 N–H and O–H groups in total. The zero-order chi connectivity index (χ0) is 15.1. The van der Waals surface area contributed by atoms with Gasteiger partial charge in [0.2, 0.25) is 0 Å². The Bertz CT molecular complexity index is 570. The van der Waals surface area contributed by atoms with Gasteiger partial charge in [-0.05, 0) is 51.5 Å². The highest BCUT2D eigenvalue weighted by Gasteiger charge is 2.33. The van der Waals surface area contributed by atoms with Gasteiger partial charge in [0.05, 0.1) is 5.41 Å². The number of hydrogen-bond acceptors (Lipinski definition) is 3. The Balaban J connectivity index is 2.20. The highest BCUT2D eigenvalue weighted by molar-refractivity contribution is 5.99. The van der Waals surface area contributed by atoms with E-state index >= 15 is 0 Å². The Kier molecular flexibility index (Phi) is 3.36. The van der Waals surface area contributed by atoms with Gasteiger partial charge in [-0.1, -0.05) is 0 Å². The summed E-state index contributed by atoms with van der Waals surface area (Å²) in [6, 6.07) is 5.33. The molecule has 4 nitrogen and oxygen atoms in total. The van der Waals surface area contributed by atoms with Crippen molar-refractivity contribution in [2.45, 2.75) is 46.1 Å². The molecule has 1 aliphatic rings. The van der Waals surface area contributed by atoms with E-state index in [1.54, 1.807) is 26.0 Å². The molecule has 0 spiro atoms. The number of carbonyl (C=O) groups is 2. The van der Waals surface area contributed by atoms with Crippen molar-refractivity contribution in [2.75, 3.05) is 0 Å². The molecule has 0 aromatic heterocycles. The zero-order valence-electron chi connectivity index (χ0n) is 12.3. The summed E-state index contributed by atoms with van der Waals surface area (Å²) in [5.41, 5.74) is 0.268. The van der Waals surface area contributed by atoms with E-state index in [4.69, 9.17) is 9.84 Å². The maximum atomic E-state index is 12.2. The first kappa shape index (κ1) is 14.6. The number of benzene rings is 1. The number of fused-ring (bicyclic) bond motifs is 1. The third-order valence-corrected chi connectivity index (χ3v) is 3.57. The maximum Gasteiger partial charge on any atom is 0.309 e. The molecule has 0 aliphatic carbocycles. The molecule has 0 saturated carbocycles. The van der Waals surface area contributed by atoms with Gasteiger partial charge in [0, 0.05) is 18.4 Å². The fraction of sp³-hybridized carbons (Fsp3) is 0.500. The van der Waals surface area contributed by atoms with E-state index in [0.717, 1.165) is 17.7 Å². The average Bonchev–Trinajstić information content (AvgIpc) is 2.60. The van der Waals surface area contributed by atoms with Crippen molar-refractivity contribution in [3.8, 4) is 5.75 Å². The summed E-state index contributed by atoms with van der Waals surface area (Å²) in [6.45, 7) is 7.13. The summed E-state index contributed by atoms with van der Waals surface area (Å²) in [7, 11) is 0. The van der Waals surface area contributed by atoms with Gasteiger partial charge < -0.3 is 9.84 Å². The fourth-order valence-corrected chi connectivity index (χ4v) is 2.36. The number of hydrogen-bond donors (Lipinski definition) is 1. The van der Waals surface area contributed by atoms with Crippen LogP contribution in [-0.4, -0.2) is 22.5 Å². The van der Waals surface area contributed by atoms with Gasteiger partial charge in [0.25, 0.3) is 0 Å². The molecule has 0 saturated heterocycles. The predicted molar refractivity (Wildman–Crippen MR) is 75.2 cm³/mol. The van der Waals surface area contributed by atoms with Gasteiger partial charge in [-0.2, -0.15) is 0 Å². The number of aliphatic carboxylic acids is 1. The highest BCUT2D eigenvalue weighted by atomic mass is 16.5. The Hall–Kier alpha value is -1.84. The summed E-state index contributed by atoms with van der Waals surface area (Å²) in [6.07, 6.45) is 0.747. The van der Waals surface area contributed by atoms with Crippen LogP contribution in [0.1, 0.15) is 50.0 Å². The lowest BCUT2D eigenvalue weighted by Crippen LogP contribution is -2.27. The van der Waals surface area contributed by atoms with Crippen LogP contribution in [0.25, 0.3) is 0 Å². The summed E-state index contributed by atoms with van der Waals surface area (Å²) in [4.78, 5) is 23.3. The SMILES string of the molecule is CC1(C)Cc2cc(C(=O)CC(C)(C)C(=O)O)ccc2O1. The van der Waals surface area contributed by atoms with Gasteiger partial charge in [-0.25, -0.2) is 0 Å². The van der Waals surface area contributed by atoms with Crippen LogP contribution in [0, 0.1) is 5.41 Å². The van der Waals surface area contributed by atoms with E-state index in [-0.39, 0.29) is 17.8 Å². The lowest BCUT2D eigenvalue weighted by atomic mass is 9.85. The topological polar surface area (TPSA) is 63.6 Å². The Labute approximate surface area is 118 Å². The van der Waals surface area contributed by atoms with Crippen LogP contribution in [0.15, 0.2) is 18.2 Å². The van der Waals surface area contributed by atoms with E-state index in [2.05, 4.69) is 0 Å². The number of carboxylic acids is 1. The quantitative estimate of drug-likeness (QED) is 0.858. The molecule has 1 aromatic carbocycles. The molecule has 0 radical (unpaired) electrons. The van der Waals surface area contributed by atoms with Crippen molar-refractivity contribution in [1.82, 2.24) is 0 Å². The minimum absolute atomic E-state index is 0.00856. The van der Waals surface area contributed by atoms with Crippen molar-refractivity contribution in [3.05, 3.63) is 29.3 Å². The van der Waals surface area contributed by atoms with Gasteiger partial charge in [0.15, 0.2) is 5.78 Å². The van der Waals surface area contributed by atoms with Gasteiger partial charge >= 0.3 is 5.97 Å². The lowest BCUT2D eigenvalue weighted by Gasteiger charge is -2.17. The molecule has 2 rings (SSSR count). The third kappa shape index (κ3) is 2.84. The van der Waals surface area contributed by atoms with Crippen LogP contribution in [-0.2, 0) is 11.2 Å². The van der Waals surface area contributed by atoms with Gasteiger partial charge in [0.1, 0.15) is 11.4 Å². The molecule has 1 heterocycles. The zero-order valence-corrected chi connectivity index (χ0v) is 12.3. The number of ketones is 1. The third-order valence-electron chi connectivity index (χ3n) is 3.57. The number of Topliss-reactive ketones (excluding diaryl/α,β-unsaturated/α-hetero) is 1. The summed E-state index contributed by atoms with van der Waals surface area (Å²) >= 11 is 0. The van der Waals surface area contributed by atoms with Crippen molar-refractivity contribution < 1.29 is 19.4 Å². The summed E-state index contributed by atoms with van der Waals surface area (Å²) in [5.74, 6) is -0.301. The molecule has 1 aromatic rings. The molecule has 4 heteroatoms. The van der Waals surface area contributed by atoms with E-state index in [0.29, 0.717) is 5.56 Å². The van der Waals surface area contributed by atoms with E-state index in [9.17, 15) is 9.59 Å². The second kappa shape index (κ2) is 4.62. The number of carbonyl (C=O) groups excluding carboxylic acids is 1. The normalized spacial score (nSPS) is 16.4. The van der Waals surface area contributed by atoms with Gasteiger partial charge in [-0.15, -0.1) is 0 Å². The van der Waals surface area contributed by atoms with Gasteiger partial charge in [-0.3, -0.25) is 9.59 Å².